The molecule has 0 saturated heterocycles. The van der Waals surface area contributed by atoms with Gasteiger partial charge in [0, 0.05) is 12.1 Å². The number of anilines is 1. The van der Waals surface area contributed by atoms with Crippen LogP contribution in [0.25, 0.3) is 0 Å². The molecule has 20 heavy (non-hydrogen) atoms. The van der Waals surface area contributed by atoms with Gasteiger partial charge < -0.3 is 15.7 Å². The lowest BCUT2D eigenvalue weighted by atomic mass is 9.91. The topological polar surface area (TPSA) is 74.2 Å². The Morgan fingerprint density at radius 2 is 2.10 bits per heavy atom. The van der Waals surface area contributed by atoms with Crippen LogP contribution in [0.1, 0.15) is 30.6 Å². The summed E-state index contributed by atoms with van der Waals surface area (Å²) in [5, 5.41) is 14.2. The van der Waals surface area contributed by atoms with E-state index in [9.17, 15) is 18.0 Å². The third-order valence-corrected chi connectivity index (χ3v) is 4.09. The zero-order valence-electron chi connectivity index (χ0n) is 10.4. The van der Waals surface area contributed by atoms with Crippen molar-refractivity contribution in [1.29, 1.82) is 0 Å². The van der Waals surface area contributed by atoms with E-state index in [4.69, 9.17) is 5.11 Å². The predicted molar refractivity (Wildman–Crippen MR) is 67.9 cm³/mol. The van der Waals surface area contributed by atoms with Crippen LogP contribution in [-0.4, -0.2) is 28.3 Å². The molecule has 1 aliphatic rings. The van der Waals surface area contributed by atoms with Gasteiger partial charge in [-0.1, -0.05) is 11.3 Å². The summed E-state index contributed by atoms with van der Waals surface area (Å²) in [5.74, 6) is 0. The molecule has 0 aliphatic heterocycles. The molecule has 1 aromatic heterocycles. The number of rotatable bonds is 3. The zero-order chi connectivity index (χ0) is 14.8. The molecular formula is C11H14F3N3O2S. The largest absolute Gasteiger partial charge is 0.465 e. The van der Waals surface area contributed by atoms with E-state index in [1.165, 1.54) is 0 Å². The predicted octanol–water partition coefficient (Wildman–Crippen LogP) is 3.15. The molecule has 3 N–H and O–H groups in total. The van der Waals surface area contributed by atoms with Gasteiger partial charge in [-0.25, -0.2) is 9.78 Å². The van der Waals surface area contributed by atoms with E-state index < -0.39 is 17.1 Å². The van der Waals surface area contributed by atoms with Crippen molar-refractivity contribution >= 4 is 22.6 Å². The van der Waals surface area contributed by atoms with E-state index in [0.717, 1.165) is 25.5 Å². The summed E-state index contributed by atoms with van der Waals surface area (Å²) in [4.78, 5) is 13.6. The fourth-order valence-corrected chi connectivity index (χ4v) is 3.03. The molecule has 0 aromatic carbocycles. The van der Waals surface area contributed by atoms with Gasteiger partial charge in [0.1, 0.15) is 4.88 Å². The highest BCUT2D eigenvalue weighted by molar-refractivity contribution is 7.15. The van der Waals surface area contributed by atoms with Crippen molar-refractivity contribution in [3.63, 3.8) is 0 Å². The van der Waals surface area contributed by atoms with Crippen LogP contribution in [-0.2, 0) is 6.18 Å². The average Bonchev–Trinajstić information content (AvgIpc) is 2.76. The number of aromatic nitrogens is 1. The number of nitrogens with one attached hydrogen (secondary N) is 2. The minimum Gasteiger partial charge on any atom is -0.465 e. The Labute approximate surface area is 117 Å². The Kier molecular flexibility index (Phi) is 4.36. The molecule has 0 unspecified atom stereocenters. The Morgan fingerprint density at radius 1 is 1.40 bits per heavy atom. The van der Waals surface area contributed by atoms with E-state index in [0.29, 0.717) is 17.8 Å². The van der Waals surface area contributed by atoms with E-state index in [2.05, 4.69) is 15.6 Å². The first-order chi connectivity index (χ1) is 9.34. The second kappa shape index (κ2) is 5.86. The number of carboxylic acid groups (broad SMARTS) is 1. The maximum Gasteiger partial charge on any atom is 0.427 e. The third kappa shape index (κ3) is 3.99. The van der Waals surface area contributed by atoms with Crippen LogP contribution in [0.4, 0.5) is 23.1 Å². The minimum atomic E-state index is -4.38. The molecule has 1 heterocycles. The van der Waals surface area contributed by atoms with Crippen molar-refractivity contribution in [1.82, 2.24) is 10.3 Å². The average molecular weight is 309 g/mol. The lowest BCUT2D eigenvalue weighted by Crippen LogP contribution is -2.41. The molecule has 5 nitrogen and oxygen atoms in total. The third-order valence-electron chi connectivity index (χ3n) is 3.11. The number of thiazole rings is 1. The number of hydrogen-bond donors (Lipinski definition) is 3. The van der Waals surface area contributed by atoms with Crippen molar-refractivity contribution in [2.24, 2.45) is 0 Å². The van der Waals surface area contributed by atoms with Crippen LogP contribution in [0.15, 0.2) is 6.20 Å². The molecule has 2 atom stereocenters. The van der Waals surface area contributed by atoms with Gasteiger partial charge in [-0.2, -0.15) is 13.2 Å². The summed E-state index contributed by atoms with van der Waals surface area (Å²) >= 11 is 0.565. The van der Waals surface area contributed by atoms with Crippen molar-refractivity contribution in [3.05, 3.63) is 11.1 Å². The molecule has 0 bridgehead atoms. The van der Waals surface area contributed by atoms with Gasteiger partial charge in [0.15, 0.2) is 5.13 Å². The van der Waals surface area contributed by atoms with Gasteiger partial charge in [0.05, 0.1) is 6.20 Å². The van der Waals surface area contributed by atoms with Crippen molar-refractivity contribution in [2.75, 3.05) is 5.32 Å². The van der Waals surface area contributed by atoms with Crippen molar-refractivity contribution < 1.29 is 23.1 Å². The zero-order valence-corrected chi connectivity index (χ0v) is 11.2. The van der Waals surface area contributed by atoms with Crippen LogP contribution >= 0.6 is 11.3 Å². The maximum absolute atomic E-state index is 12.5. The highest BCUT2D eigenvalue weighted by atomic mass is 32.1. The van der Waals surface area contributed by atoms with E-state index >= 15 is 0 Å². The summed E-state index contributed by atoms with van der Waals surface area (Å²) in [6.07, 6.45) is -1.74. The fraction of sp³-hybridized carbons (Fsp3) is 0.636. The quantitative estimate of drug-likeness (QED) is 0.802. The van der Waals surface area contributed by atoms with Gasteiger partial charge in [0.25, 0.3) is 0 Å². The number of amides is 1. The molecule has 112 valence electrons. The van der Waals surface area contributed by atoms with Gasteiger partial charge in [0.2, 0.25) is 0 Å². The summed E-state index contributed by atoms with van der Waals surface area (Å²) in [7, 11) is 0. The number of hydrogen-bond acceptors (Lipinski definition) is 4. The summed E-state index contributed by atoms with van der Waals surface area (Å²) in [6.45, 7) is 0. The summed E-state index contributed by atoms with van der Waals surface area (Å²) in [5.41, 5.74) is 0. The van der Waals surface area contributed by atoms with Crippen LogP contribution in [0.5, 0.6) is 0 Å². The molecule has 1 aliphatic carbocycles. The Bertz CT molecular complexity index is 478. The van der Waals surface area contributed by atoms with Gasteiger partial charge >= 0.3 is 12.3 Å². The van der Waals surface area contributed by atoms with Gasteiger partial charge in [-0.05, 0) is 25.7 Å². The highest BCUT2D eigenvalue weighted by Gasteiger charge is 2.33. The maximum atomic E-state index is 12.5. The van der Waals surface area contributed by atoms with Crippen LogP contribution in [0.2, 0.25) is 0 Å². The Balaban J connectivity index is 1.92. The van der Waals surface area contributed by atoms with Crippen LogP contribution in [0, 0.1) is 0 Å². The molecule has 9 heteroatoms. The molecular weight excluding hydrogens is 295 g/mol. The van der Waals surface area contributed by atoms with E-state index in [1.807, 2.05) is 0 Å². The van der Waals surface area contributed by atoms with Crippen molar-refractivity contribution in [2.45, 2.75) is 43.9 Å². The number of carbonyl (C=O) groups is 1. The monoisotopic (exact) mass is 309 g/mol. The summed E-state index contributed by atoms with van der Waals surface area (Å²) < 4.78 is 37.4. The second-order valence-corrected chi connectivity index (χ2v) is 5.71. The first-order valence-electron chi connectivity index (χ1n) is 6.13. The molecule has 2 rings (SSSR count). The minimum absolute atomic E-state index is 0.0622. The molecule has 1 saturated carbocycles. The number of halogens is 3. The molecule has 1 fully saturated rings. The fourth-order valence-electron chi connectivity index (χ4n) is 2.27. The molecule has 1 aromatic rings. The van der Waals surface area contributed by atoms with Crippen LogP contribution < -0.4 is 10.6 Å². The standard InChI is InChI=1S/C11H14F3N3O2S/c12-11(13,14)8-5-15-9(20-8)16-6-2-1-3-7(4-6)17-10(18)19/h5-7,17H,1-4H2,(H,15,16)(H,18,19)/t6-,7+/m1/s1. The SMILES string of the molecule is O=C(O)N[C@H]1CCC[C@@H](Nc2ncc(C(F)(F)F)s2)C1. The summed E-state index contributed by atoms with van der Waals surface area (Å²) in [6, 6.07) is -0.228. The first-order valence-corrected chi connectivity index (χ1v) is 6.95. The van der Waals surface area contributed by atoms with Crippen LogP contribution in [0.3, 0.4) is 0 Å². The number of alkyl halides is 3. The van der Waals surface area contributed by atoms with E-state index in [-0.39, 0.29) is 17.2 Å². The molecule has 1 amide bonds. The Hall–Kier alpha value is -1.51. The highest BCUT2D eigenvalue weighted by Crippen LogP contribution is 2.35. The van der Waals surface area contributed by atoms with E-state index in [1.54, 1.807) is 0 Å². The molecule has 0 radical (unpaired) electrons. The molecule has 0 spiro atoms. The normalized spacial score (nSPS) is 23.4. The van der Waals surface area contributed by atoms with Gasteiger partial charge in [-0.15, -0.1) is 0 Å². The lowest BCUT2D eigenvalue weighted by Gasteiger charge is -2.29. The smallest absolute Gasteiger partial charge is 0.427 e. The lowest BCUT2D eigenvalue weighted by molar-refractivity contribution is -0.134. The van der Waals surface area contributed by atoms with Crippen molar-refractivity contribution in [3.8, 4) is 0 Å². The first kappa shape index (κ1) is 14.9. The Morgan fingerprint density at radius 3 is 2.70 bits per heavy atom. The van der Waals surface area contributed by atoms with Gasteiger partial charge in [-0.3, -0.25) is 0 Å². The second-order valence-electron chi connectivity index (χ2n) is 4.68. The number of nitrogens with zero attached hydrogens (tertiary/aromatic N) is 1.